The first-order chi connectivity index (χ1) is 12.7. The van der Waals surface area contributed by atoms with E-state index in [-0.39, 0.29) is 19.4 Å². The third kappa shape index (κ3) is 2.79. The number of anilines is 1. The van der Waals surface area contributed by atoms with E-state index in [0.29, 0.717) is 5.82 Å². The minimum Gasteiger partial charge on any atom is -0.354 e. The fraction of sp³-hybridized carbons (Fsp3) is 0.444. The van der Waals surface area contributed by atoms with E-state index in [0.717, 1.165) is 11.1 Å². The summed E-state index contributed by atoms with van der Waals surface area (Å²) in [5.41, 5.74) is 1.71. The Balaban J connectivity index is 1.67. The molecule has 2 aromatic rings. The van der Waals surface area contributed by atoms with Gasteiger partial charge in [-0.05, 0) is 42.7 Å². The van der Waals surface area contributed by atoms with Crippen LogP contribution in [0, 0.1) is 5.92 Å². The first-order valence-corrected chi connectivity index (χ1v) is 10.3. The third-order valence-corrected chi connectivity index (χ3v) is 8.24. The van der Waals surface area contributed by atoms with Crippen LogP contribution < -0.4 is 4.90 Å². The van der Waals surface area contributed by atoms with Crippen LogP contribution in [0.15, 0.2) is 42.9 Å². The summed E-state index contributed by atoms with van der Waals surface area (Å²) in [7, 11) is -4.27. The molecule has 2 unspecified atom stereocenters. The van der Waals surface area contributed by atoms with Crippen molar-refractivity contribution < 1.29 is 21.6 Å². The van der Waals surface area contributed by atoms with E-state index < -0.39 is 39.0 Å². The standard InChI is InChI=1S/C18H18F3N3O2S/c19-18(20,21)17-12-24(11-15(17)2-1-9-27(17,25)26)16-4-3-14(10-23-16)13-5-7-22-8-6-13/h3-8,10,15H,1-2,9,11-12H2. The van der Waals surface area contributed by atoms with Gasteiger partial charge in [0.05, 0.1) is 5.75 Å². The van der Waals surface area contributed by atoms with Gasteiger partial charge in [0.25, 0.3) is 0 Å². The van der Waals surface area contributed by atoms with Crippen molar-refractivity contribution in [2.45, 2.75) is 23.8 Å². The number of alkyl halides is 3. The highest BCUT2D eigenvalue weighted by Gasteiger charge is 2.71. The Bertz CT molecular complexity index is 933. The Morgan fingerprint density at radius 2 is 1.85 bits per heavy atom. The molecule has 2 aromatic heterocycles. The van der Waals surface area contributed by atoms with Gasteiger partial charge in [-0.3, -0.25) is 4.98 Å². The van der Waals surface area contributed by atoms with Gasteiger partial charge in [0, 0.05) is 43.2 Å². The van der Waals surface area contributed by atoms with E-state index in [4.69, 9.17) is 0 Å². The molecule has 2 atom stereocenters. The summed E-state index contributed by atoms with van der Waals surface area (Å²) in [5, 5.41) is 0. The van der Waals surface area contributed by atoms with Crippen LogP contribution in [-0.2, 0) is 9.84 Å². The van der Waals surface area contributed by atoms with Crippen LogP contribution in [0.3, 0.4) is 0 Å². The molecule has 9 heteroatoms. The fourth-order valence-electron chi connectivity index (χ4n) is 4.23. The van der Waals surface area contributed by atoms with Gasteiger partial charge in [-0.15, -0.1) is 0 Å². The Morgan fingerprint density at radius 1 is 1.11 bits per heavy atom. The molecule has 0 radical (unpaired) electrons. The van der Waals surface area contributed by atoms with Crippen LogP contribution in [0.4, 0.5) is 19.0 Å². The summed E-state index contributed by atoms with van der Waals surface area (Å²) < 4.78 is 64.0. The average Bonchev–Trinajstić information content (AvgIpc) is 3.05. The quantitative estimate of drug-likeness (QED) is 0.779. The monoisotopic (exact) mass is 397 g/mol. The molecule has 2 aliphatic rings. The molecule has 27 heavy (non-hydrogen) atoms. The molecule has 0 N–H and O–H groups in total. The van der Waals surface area contributed by atoms with E-state index in [1.807, 2.05) is 12.1 Å². The highest BCUT2D eigenvalue weighted by atomic mass is 32.2. The lowest BCUT2D eigenvalue weighted by atomic mass is 9.90. The largest absolute Gasteiger partial charge is 0.410 e. The summed E-state index contributed by atoms with van der Waals surface area (Å²) >= 11 is 0. The van der Waals surface area contributed by atoms with Crippen molar-refractivity contribution in [3.8, 4) is 11.1 Å². The van der Waals surface area contributed by atoms with Crippen molar-refractivity contribution in [1.82, 2.24) is 9.97 Å². The number of hydrogen-bond donors (Lipinski definition) is 0. The van der Waals surface area contributed by atoms with Crippen LogP contribution in [0.5, 0.6) is 0 Å². The van der Waals surface area contributed by atoms with E-state index in [1.165, 1.54) is 4.90 Å². The number of hydrogen-bond acceptors (Lipinski definition) is 5. The van der Waals surface area contributed by atoms with Crippen molar-refractivity contribution in [1.29, 1.82) is 0 Å². The molecule has 0 amide bonds. The van der Waals surface area contributed by atoms with Crippen LogP contribution in [-0.4, -0.2) is 48.2 Å². The summed E-state index contributed by atoms with van der Waals surface area (Å²) in [5.74, 6) is -1.01. The van der Waals surface area contributed by atoms with Crippen LogP contribution in [0.1, 0.15) is 12.8 Å². The van der Waals surface area contributed by atoms with Gasteiger partial charge < -0.3 is 4.90 Å². The van der Waals surface area contributed by atoms with E-state index in [9.17, 15) is 21.6 Å². The normalized spacial score (nSPS) is 27.4. The lowest BCUT2D eigenvalue weighted by Crippen LogP contribution is -2.60. The van der Waals surface area contributed by atoms with Crippen molar-refractivity contribution in [3.63, 3.8) is 0 Å². The molecular formula is C18H18F3N3O2S. The Hall–Kier alpha value is -2.16. The number of aromatic nitrogens is 2. The molecule has 0 aliphatic carbocycles. The Labute approximate surface area is 155 Å². The summed E-state index contributed by atoms with van der Waals surface area (Å²) in [4.78, 5) is 9.70. The zero-order valence-corrected chi connectivity index (χ0v) is 15.2. The smallest absolute Gasteiger partial charge is 0.354 e. The van der Waals surface area contributed by atoms with Gasteiger partial charge in [-0.25, -0.2) is 13.4 Å². The lowest BCUT2D eigenvalue weighted by molar-refractivity contribution is -0.167. The van der Waals surface area contributed by atoms with Gasteiger partial charge in [0.15, 0.2) is 14.6 Å². The first-order valence-electron chi connectivity index (χ1n) is 8.65. The third-order valence-electron chi connectivity index (χ3n) is 5.61. The van der Waals surface area contributed by atoms with Gasteiger partial charge >= 0.3 is 6.18 Å². The fourth-order valence-corrected chi connectivity index (χ4v) is 6.55. The molecule has 5 nitrogen and oxygen atoms in total. The topological polar surface area (TPSA) is 63.2 Å². The molecule has 2 fully saturated rings. The Kier molecular flexibility index (Phi) is 4.17. The molecule has 2 saturated heterocycles. The van der Waals surface area contributed by atoms with E-state index >= 15 is 0 Å². The maximum Gasteiger partial charge on any atom is 0.410 e. The first kappa shape index (κ1) is 18.2. The summed E-state index contributed by atoms with van der Waals surface area (Å²) in [6.45, 7) is -0.550. The van der Waals surface area contributed by atoms with Gasteiger partial charge in [0.2, 0.25) is 0 Å². The summed E-state index contributed by atoms with van der Waals surface area (Å²) in [6.07, 6.45) is 0.597. The van der Waals surface area contributed by atoms with Crippen molar-refractivity contribution >= 4 is 15.7 Å². The van der Waals surface area contributed by atoms with Gasteiger partial charge in [-0.1, -0.05) is 0 Å². The molecule has 4 rings (SSSR count). The molecular weight excluding hydrogens is 379 g/mol. The molecule has 144 valence electrons. The maximum atomic E-state index is 13.9. The number of pyridine rings is 2. The SMILES string of the molecule is O=S1(=O)CCCC2CN(c3ccc(-c4ccncc4)cn3)CC21C(F)(F)F. The highest BCUT2D eigenvalue weighted by molar-refractivity contribution is 7.93. The predicted molar refractivity (Wildman–Crippen MR) is 95.0 cm³/mol. The second-order valence-corrected chi connectivity index (χ2v) is 9.43. The van der Waals surface area contributed by atoms with Crippen molar-refractivity contribution in [2.75, 3.05) is 23.7 Å². The van der Waals surface area contributed by atoms with Crippen molar-refractivity contribution in [2.24, 2.45) is 5.92 Å². The second kappa shape index (κ2) is 6.19. The maximum absolute atomic E-state index is 13.9. The minimum atomic E-state index is -4.80. The average molecular weight is 397 g/mol. The number of halogens is 3. The minimum absolute atomic E-state index is 0.0420. The number of fused-ring (bicyclic) bond motifs is 1. The molecule has 0 aromatic carbocycles. The number of nitrogens with zero attached hydrogens (tertiary/aromatic N) is 3. The molecule has 0 spiro atoms. The molecule has 0 bridgehead atoms. The van der Waals surface area contributed by atoms with Crippen LogP contribution >= 0.6 is 0 Å². The van der Waals surface area contributed by atoms with Gasteiger partial charge in [-0.2, -0.15) is 13.2 Å². The second-order valence-electron chi connectivity index (χ2n) is 7.07. The molecule has 0 saturated carbocycles. The Morgan fingerprint density at radius 3 is 2.44 bits per heavy atom. The van der Waals surface area contributed by atoms with Crippen molar-refractivity contribution in [3.05, 3.63) is 42.9 Å². The molecule has 2 aliphatic heterocycles. The number of sulfone groups is 1. The van der Waals surface area contributed by atoms with Gasteiger partial charge in [0.1, 0.15) is 5.82 Å². The van der Waals surface area contributed by atoms with E-state index in [2.05, 4.69) is 9.97 Å². The molecule has 4 heterocycles. The number of rotatable bonds is 2. The highest BCUT2D eigenvalue weighted by Crippen LogP contribution is 2.52. The summed E-state index contributed by atoms with van der Waals surface area (Å²) in [6, 6.07) is 7.04. The van der Waals surface area contributed by atoms with Crippen LogP contribution in [0.25, 0.3) is 11.1 Å². The zero-order chi connectivity index (χ0) is 19.3. The predicted octanol–water partition coefficient (Wildman–Crippen LogP) is 3.09. The zero-order valence-electron chi connectivity index (χ0n) is 14.4. The van der Waals surface area contributed by atoms with Crippen LogP contribution in [0.2, 0.25) is 0 Å². The lowest BCUT2D eigenvalue weighted by Gasteiger charge is -2.38. The van der Waals surface area contributed by atoms with E-state index in [1.54, 1.807) is 30.7 Å².